The van der Waals surface area contributed by atoms with Gasteiger partial charge in [0, 0.05) is 22.5 Å². The van der Waals surface area contributed by atoms with Crippen LogP contribution in [0.3, 0.4) is 0 Å². The zero-order valence-corrected chi connectivity index (χ0v) is 28.7. The fourth-order valence-corrected chi connectivity index (χ4v) is 6.97. The maximum Gasteiger partial charge on any atom is 0.524 e. The summed E-state index contributed by atoms with van der Waals surface area (Å²) >= 11 is 18.1. The number of H-pyrrole nitrogens is 1. The van der Waals surface area contributed by atoms with Crippen LogP contribution in [0.25, 0.3) is 10.9 Å². The maximum absolute atomic E-state index is 14.2. The summed E-state index contributed by atoms with van der Waals surface area (Å²) in [6, 6.07) is 7.19. The van der Waals surface area contributed by atoms with Crippen molar-refractivity contribution in [2.45, 2.75) is 70.0 Å². The van der Waals surface area contributed by atoms with Crippen LogP contribution < -0.4 is 26.2 Å². The number of halogens is 2. The van der Waals surface area contributed by atoms with Gasteiger partial charge in [0.2, 0.25) is 11.8 Å². The topological polar surface area (TPSA) is 216 Å². The predicted molar refractivity (Wildman–Crippen MR) is 182 cm³/mol. The van der Waals surface area contributed by atoms with E-state index in [-0.39, 0.29) is 42.3 Å². The number of fused-ring (bicyclic) bond motifs is 3. The van der Waals surface area contributed by atoms with Crippen LogP contribution in [0.4, 0.5) is 4.79 Å². The Kier molecular flexibility index (Phi) is 11.5. The number of thiocarbonyl (C=S) groups is 1. The Bertz CT molecular complexity index is 1730. The molecule has 4 atom stereocenters. The Balaban J connectivity index is 1.65. The zero-order valence-electron chi connectivity index (χ0n) is 25.5. The lowest BCUT2D eigenvalue weighted by Gasteiger charge is -2.39. The second kappa shape index (κ2) is 14.8. The van der Waals surface area contributed by atoms with Crippen LogP contribution in [0.2, 0.25) is 10.0 Å². The van der Waals surface area contributed by atoms with Gasteiger partial charge in [-0.15, -0.1) is 0 Å². The molecule has 47 heavy (non-hydrogen) atoms. The summed E-state index contributed by atoms with van der Waals surface area (Å²) in [6.07, 6.45) is -0.000725. The van der Waals surface area contributed by atoms with Crippen molar-refractivity contribution < 1.29 is 38.4 Å². The average Bonchev–Trinajstić information content (AvgIpc) is 3.34. The van der Waals surface area contributed by atoms with E-state index < -0.39 is 43.4 Å². The first-order chi connectivity index (χ1) is 22.0. The summed E-state index contributed by atoms with van der Waals surface area (Å²) in [4.78, 5) is 61.3. The number of carbonyl (C=O) groups excluding carboxylic acids is 2. The molecule has 0 bridgehead atoms. The molecule has 4 rings (SSSR count). The van der Waals surface area contributed by atoms with Gasteiger partial charge in [0.1, 0.15) is 17.3 Å². The largest absolute Gasteiger partial charge is 0.524 e. The number of aromatic nitrogens is 1. The van der Waals surface area contributed by atoms with Gasteiger partial charge in [-0.2, -0.15) is 0 Å². The highest BCUT2D eigenvalue weighted by Crippen LogP contribution is 2.39. The van der Waals surface area contributed by atoms with Crippen molar-refractivity contribution in [3.05, 3.63) is 63.3 Å². The second-order valence-electron chi connectivity index (χ2n) is 11.6. The molecule has 1 heterocycles. The van der Waals surface area contributed by atoms with Crippen molar-refractivity contribution in [1.82, 2.24) is 20.9 Å². The van der Waals surface area contributed by atoms with E-state index in [2.05, 4.69) is 25.5 Å². The molecule has 0 aliphatic heterocycles. The van der Waals surface area contributed by atoms with E-state index >= 15 is 0 Å². The van der Waals surface area contributed by atoms with E-state index in [1.807, 2.05) is 13.8 Å². The first kappa shape index (κ1) is 36.4. The number of rotatable bonds is 13. The fourth-order valence-electron chi connectivity index (χ4n) is 5.74. The summed E-state index contributed by atoms with van der Waals surface area (Å²) < 4.78 is 15.7. The van der Waals surface area contributed by atoms with Crippen molar-refractivity contribution in [3.8, 4) is 5.75 Å². The molecule has 254 valence electrons. The van der Waals surface area contributed by atoms with Crippen LogP contribution in [-0.4, -0.2) is 60.4 Å². The van der Waals surface area contributed by atoms with Gasteiger partial charge < -0.3 is 36.3 Å². The lowest BCUT2D eigenvalue weighted by Crippen LogP contribution is -2.66. The van der Waals surface area contributed by atoms with Gasteiger partial charge in [-0.05, 0) is 67.0 Å². The van der Waals surface area contributed by atoms with E-state index in [0.29, 0.717) is 39.4 Å². The van der Waals surface area contributed by atoms with Crippen LogP contribution in [0, 0.1) is 5.92 Å². The van der Waals surface area contributed by atoms with Crippen LogP contribution >= 0.6 is 43.2 Å². The monoisotopic (exact) mass is 727 g/mol. The standard InChI is InChI=1S/C30H36Cl2N5O8PS/c1-3-15(2)24(26(33)47)36-28(39)30(11-10-22-20(14-30)19-12-17(31)13-21(32)25(19)34-22)37-27(38)23(35-29(40)41)9-6-16-4-7-18(8-5-16)45-46(42,43)44/h4-5,7-8,12-13,15,23-24,34-35H,3,6,9-11,14H2,1-2H3,(H2,33,47)(H,36,39)(H,37,38)(H,40,41)(H2,42,43,44)/t15?,23-,24-,30+/m0/s1. The minimum atomic E-state index is -4.74. The number of hydrogen-bond acceptors (Lipinski definition) is 6. The molecular formula is C30H36Cl2N5O8PS. The van der Waals surface area contributed by atoms with E-state index in [9.17, 15) is 24.1 Å². The number of carboxylic acid groups (broad SMARTS) is 1. The van der Waals surface area contributed by atoms with E-state index in [4.69, 9.17) is 50.9 Å². The van der Waals surface area contributed by atoms with Crippen molar-refractivity contribution in [1.29, 1.82) is 0 Å². The molecule has 13 nitrogen and oxygen atoms in total. The maximum atomic E-state index is 14.2. The third kappa shape index (κ3) is 8.95. The number of carbonyl (C=O) groups is 3. The Morgan fingerprint density at radius 3 is 2.45 bits per heavy atom. The van der Waals surface area contributed by atoms with Crippen molar-refractivity contribution in [2.24, 2.45) is 11.7 Å². The Hall–Kier alpha value is -3.39. The highest BCUT2D eigenvalue weighted by atomic mass is 35.5. The molecule has 1 unspecified atom stereocenters. The lowest BCUT2D eigenvalue weighted by molar-refractivity contribution is -0.135. The molecule has 3 aromatic rings. The summed E-state index contributed by atoms with van der Waals surface area (Å²) in [6.45, 7) is 3.84. The van der Waals surface area contributed by atoms with Gasteiger partial charge in [0.25, 0.3) is 0 Å². The highest BCUT2D eigenvalue weighted by Gasteiger charge is 2.46. The third-order valence-electron chi connectivity index (χ3n) is 8.39. The average molecular weight is 729 g/mol. The summed E-state index contributed by atoms with van der Waals surface area (Å²) in [5.41, 5.74) is 7.35. The molecule has 2 aromatic carbocycles. The molecule has 0 fully saturated rings. The van der Waals surface area contributed by atoms with Gasteiger partial charge in [-0.25, -0.2) is 9.36 Å². The van der Waals surface area contributed by atoms with Gasteiger partial charge in [0.15, 0.2) is 0 Å². The molecule has 3 amide bonds. The molecule has 17 heteroatoms. The molecule has 1 aliphatic rings. The molecular weight excluding hydrogens is 692 g/mol. The molecule has 0 saturated carbocycles. The van der Waals surface area contributed by atoms with Gasteiger partial charge in [-0.3, -0.25) is 19.4 Å². The Labute approximate surface area is 286 Å². The first-order valence-corrected chi connectivity index (χ1v) is 17.5. The van der Waals surface area contributed by atoms with E-state index in [0.717, 1.165) is 11.3 Å². The van der Waals surface area contributed by atoms with E-state index in [1.54, 1.807) is 12.1 Å². The van der Waals surface area contributed by atoms with Crippen LogP contribution in [0.1, 0.15) is 49.9 Å². The van der Waals surface area contributed by atoms with Crippen molar-refractivity contribution in [3.63, 3.8) is 0 Å². The summed E-state index contributed by atoms with van der Waals surface area (Å²) in [5, 5.41) is 19.2. The molecule has 9 N–H and O–H groups in total. The molecule has 0 saturated heterocycles. The van der Waals surface area contributed by atoms with Crippen molar-refractivity contribution in [2.75, 3.05) is 0 Å². The van der Waals surface area contributed by atoms with Gasteiger partial charge in [-0.1, -0.05) is 67.8 Å². The number of aromatic amines is 1. The number of benzene rings is 2. The molecule has 0 radical (unpaired) electrons. The zero-order chi connectivity index (χ0) is 34.7. The predicted octanol–water partition coefficient (Wildman–Crippen LogP) is 4.38. The minimum Gasteiger partial charge on any atom is -0.465 e. The number of amides is 3. The van der Waals surface area contributed by atoms with Gasteiger partial charge in [0.05, 0.1) is 21.6 Å². The van der Waals surface area contributed by atoms with Crippen LogP contribution in [-0.2, 0) is 33.4 Å². The third-order valence-corrected chi connectivity index (χ3v) is 9.61. The van der Waals surface area contributed by atoms with Crippen molar-refractivity contribution >= 4 is 77.0 Å². The quantitative estimate of drug-likeness (QED) is 0.0918. The van der Waals surface area contributed by atoms with Crippen LogP contribution in [0.15, 0.2) is 36.4 Å². The number of phosphoric ester groups is 1. The van der Waals surface area contributed by atoms with Gasteiger partial charge >= 0.3 is 13.9 Å². The number of nitrogens with two attached hydrogens (primary N) is 1. The lowest BCUT2D eigenvalue weighted by atomic mass is 9.78. The normalized spacial score (nSPS) is 18.0. The molecule has 1 aromatic heterocycles. The Morgan fingerprint density at radius 2 is 1.85 bits per heavy atom. The van der Waals surface area contributed by atoms with Crippen LogP contribution in [0.5, 0.6) is 5.75 Å². The smallest absolute Gasteiger partial charge is 0.465 e. The second-order valence-corrected chi connectivity index (χ2v) is 14.1. The Morgan fingerprint density at radius 1 is 1.17 bits per heavy atom. The number of hydrogen-bond donors (Lipinski definition) is 8. The number of aryl methyl sites for hydroxylation is 2. The number of nitrogens with one attached hydrogen (secondary N) is 4. The fraction of sp³-hybridized carbons (Fsp3) is 0.400. The highest BCUT2D eigenvalue weighted by molar-refractivity contribution is 7.80. The number of phosphoric acid groups is 1. The SMILES string of the molecule is CCC(C)[C@H](NC(=O)[C@@]1(NC(=O)[C@H](CCc2ccc(OP(=O)(O)O)cc2)NC(=O)O)CCc2[nH]c3c(Cl)cc(Cl)cc3c2C1)C(N)=S. The minimum absolute atomic E-state index is 0.000457. The molecule has 1 aliphatic carbocycles. The summed E-state index contributed by atoms with van der Waals surface area (Å²) in [5.74, 6) is -1.41. The first-order valence-electron chi connectivity index (χ1n) is 14.8. The summed E-state index contributed by atoms with van der Waals surface area (Å²) in [7, 11) is -4.74. The van der Waals surface area contributed by atoms with E-state index in [1.165, 1.54) is 24.3 Å². The molecule has 0 spiro atoms.